The molecule has 0 aromatic heterocycles. The number of hydrogen-bond donors (Lipinski definition) is 0. The second-order valence-electron chi connectivity index (χ2n) is 2.76. The standard InChI is InChI=1S/C11H12BrFO2/c1-14-10-6-9(13)7-11(8-10)15-5-3-2-4-12/h2-3,6-8H,4-5H2,1H3/b3-2+. The molecular formula is C11H12BrFO2. The molecule has 1 aromatic carbocycles. The molecule has 2 nitrogen and oxygen atoms in total. The van der Waals surface area contributed by atoms with Crippen LogP contribution in [0.1, 0.15) is 0 Å². The molecule has 15 heavy (non-hydrogen) atoms. The van der Waals surface area contributed by atoms with E-state index in [1.54, 1.807) is 6.07 Å². The number of benzene rings is 1. The number of methoxy groups -OCH3 is 1. The molecule has 0 saturated carbocycles. The lowest BCUT2D eigenvalue weighted by Crippen LogP contribution is -1.95. The molecular weight excluding hydrogens is 263 g/mol. The Labute approximate surface area is 96.8 Å². The predicted molar refractivity (Wildman–Crippen MR) is 61.4 cm³/mol. The molecule has 0 N–H and O–H groups in total. The van der Waals surface area contributed by atoms with Crippen molar-refractivity contribution in [2.75, 3.05) is 19.0 Å². The first kappa shape index (κ1) is 12.0. The highest BCUT2D eigenvalue weighted by atomic mass is 79.9. The van der Waals surface area contributed by atoms with Crippen molar-refractivity contribution in [3.63, 3.8) is 0 Å². The van der Waals surface area contributed by atoms with E-state index in [0.717, 1.165) is 5.33 Å². The second kappa shape index (κ2) is 6.45. The molecule has 0 aliphatic heterocycles. The van der Waals surface area contributed by atoms with Gasteiger partial charge in [-0.05, 0) is 0 Å². The van der Waals surface area contributed by atoms with E-state index in [-0.39, 0.29) is 5.82 Å². The van der Waals surface area contributed by atoms with Crippen LogP contribution in [-0.2, 0) is 0 Å². The molecule has 0 unspecified atom stereocenters. The normalized spacial score (nSPS) is 10.6. The van der Waals surface area contributed by atoms with Gasteiger partial charge in [0.15, 0.2) is 0 Å². The topological polar surface area (TPSA) is 18.5 Å². The quantitative estimate of drug-likeness (QED) is 0.607. The zero-order valence-corrected chi connectivity index (χ0v) is 9.96. The zero-order chi connectivity index (χ0) is 11.1. The summed E-state index contributed by atoms with van der Waals surface area (Å²) < 4.78 is 23.2. The third-order valence-corrected chi connectivity index (χ3v) is 2.06. The summed E-state index contributed by atoms with van der Waals surface area (Å²) in [5, 5.41) is 0.781. The molecule has 1 rings (SSSR count). The molecule has 0 aliphatic carbocycles. The second-order valence-corrected chi connectivity index (χ2v) is 3.41. The smallest absolute Gasteiger partial charge is 0.130 e. The minimum absolute atomic E-state index is 0.367. The first-order valence-corrected chi connectivity index (χ1v) is 5.56. The van der Waals surface area contributed by atoms with Gasteiger partial charge >= 0.3 is 0 Å². The summed E-state index contributed by atoms with van der Waals surface area (Å²) in [6, 6.07) is 4.27. The molecule has 0 saturated heterocycles. The number of alkyl halides is 1. The Balaban J connectivity index is 2.60. The first-order valence-electron chi connectivity index (χ1n) is 4.44. The van der Waals surface area contributed by atoms with Gasteiger partial charge in [0.05, 0.1) is 7.11 Å². The van der Waals surface area contributed by atoms with Crippen molar-refractivity contribution >= 4 is 15.9 Å². The molecule has 0 aliphatic rings. The van der Waals surface area contributed by atoms with Crippen LogP contribution in [0.4, 0.5) is 4.39 Å². The lowest BCUT2D eigenvalue weighted by Gasteiger charge is -2.05. The third-order valence-electron chi connectivity index (χ3n) is 1.68. The molecule has 0 fully saturated rings. The van der Waals surface area contributed by atoms with Crippen LogP contribution in [0.15, 0.2) is 30.4 Å². The summed E-state index contributed by atoms with van der Waals surface area (Å²) in [6.07, 6.45) is 3.77. The summed E-state index contributed by atoms with van der Waals surface area (Å²) >= 11 is 3.25. The third kappa shape index (κ3) is 4.34. The Kier molecular flexibility index (Phi) is 5.18. The van der Waals surface area contributed by atoms with E-state index in [2.05, 4.69) is 15.9 Å². The van der Waals surface area contributed by atoms with Gasteiger partial charge in [-0.25, -0.2) is 4.39 Å². The molecule has 1 aromatic rings. The molecule has 0 atom stereocenters. The number of rotatable bonds is 5. The summed E-state index contributed by atoms with van der Waals surface area (Å²) in [5.74, 6) is 0.550. The maximum Gasteiger partial charge on any atom is 0.130 e. The van der Waals surface area contributed by atoms with Gasteiger partial charge in [-0.15, -0.1) is 0 Å². The largest absolute Gasteiger partial charge is 0.497 e. The van der Waals surface area contributed by atoms with Gasteiger partial charge < -0.3 is 9.47 Å². The molecule has 0 amide bonds. The van der Waals surface area contributed by atoms with E-state index in [1.807, 2.05) is 12.2 Å². The maximum absolute atomic E-state index is 13.0. The van der Waals surface area contributed by atoms with Crippen molar-refractivity contribution in [2.24, 2.45) is 0 Å². The van der Waals surface area contributed by atoms with Gasteiger partial charge in [-0.1, -0.05) is 28.1 Å². The van der Waals surface area contributed by atoms with Crippen LogP contribution < -0.4 is 9.47 Å². The number of ether oxygens (including phenoxy) is 2. The Hall–Kier alpha value is -1.03. The van der Waals surface area contributed by atoms with E-state index in [9.17, 15) is 4.39 Å². The molecule has 0 bridgehead atoms. The lowest BCUT2D eigenvalue weighted by molar-refractivity contribution is 0.353. The van der Waals surface area contributed by atoms with E-state index in [4.69, 9.17) is 9.47 Å². The average Bonchev–Trinajstić information content (AvgIpc) is 2.23. The lowest BCUT2D eigenvalue weighted by atomic mass is 10.3. The number of allylic oxidation sites excluding steroid dienone is 1. The van der Waals surface area contributed by atoms with Crippen LogP contribution in [0.2, 0.25) is 0 Å². The summed E-state index contributed by atoms with van der Waals surface area (Å²) in [7, 11) is 1.49. The Bertz CT molecular complexity index is 339. The van der Waals surface area contributed by atoms with Gasteiger partial charge in [0.1, 0.15) is 23.9 Å². The van der Waals surface area contributed by atoms with E-state index >= 15 is 0 Å². The van der Waals surface area contributed by atoms with Crippen molar-refractivity contribution in [2.45, 2.75) is 0 Å². The molecule has 0 heterocycles. The first-order chi connectivity index (χ1) is 7.26. The van der Waals surface area contributed by atoms with Gasteiger partial charge in [0.25, 0.3) is 0 Å². The highest BCUT2D eigenvalue weighted by molar-refractivity contribution is 9.09. The summed E-state index contributed by atoms with van der Waals surface area (Å²) in [5.41, 5.74) is 0. The Morgan fingerprint density at radius 1 is 1.27 bits per heavy atom. The van der Waals surface area contributed by atoms with Crippen molar-refractivity contribution in [1.82, 2.24) is 0 Å². The van der Waals surface area contributed by atoms with Crippen LogP contribution >= 0.6 is 15.9 Å². The fourth-order valence-corrected chi connectivity index (χ4v) is 1.28. The van der Waals surface area contributed by atoms with E-state index < -0.39 is 0 Å². The fourth-order valence-electron chi connectivity index (χ4n) is 1.01. The van der Waals surface area contributed by atoms with Gasteiger partial charge in [0, 0.05) is 23.5 Å². The number of hydrogen-bond acceptors (Lipinski definition) is 2. The van der Waals surface area contributed by atoms with Crippen LogP contribution in [-0.4, -0.2) is 19.0 Å². The van der Waals surface area contributed by atoms with Crippen LogP contribution in [0.5, 0.6) is 11.5 Å². The van der Waals surface area contributed by atoms with Gasteiger partial charge in [-0.3, -0.25) is 0 Å². The van der Waals surface area contributed by atoms with Crippen molar-refractivity contribution in [3.8, 4) is 11.5 Å². The predicted octanol–water partition coefficient (Wildman–Crippen LogP) is 3.16. The van der Waals surface area contributed by atoms with E-state index in [1.165, 1.54) is 19.2 Å². The van der Waals surface area contributed by atoms with Gasteiger partial charge in [0.2, 0.25) is 0 Å². The van der Waals surface area contributed by atoms with Gasteiger partial charge in [-0.2, -0.15) is 0 Å². The minimum atomic E-state index is -0.367. The highest BCUT2D eigenvalue weighted by Gasteiger charge is 2.00. The number of halogens is 2. The Morgan fingerprint density at radius 2 is 2.00 bits per heavy atom. The van der Waals surface area contributed by atoms with Crippen molar-refractivity contribution in [3.05, 3.63) is 36.2 Å². The fraction of sp³-hybridized carbons (Fsp3) is 0.273. The van der Waals surface area contributed by atoms with Crippen molar-refractivity contribution in [1.29, 1.82) is 0 Å². The minimum Gasteiger partial charge on any atom is -0.497 e. The molecule has 0 spiro atoms. The van der Waals surface area contributed by atoms with Crippen LogP contribution in [0.25, 0.3) is 0 Å². The molecule has 0 radical (unpaired) electrons. The van der Waals surface area contributed by atoms with Crippen LogP contribution in [0, 0.1) is 5.82 Å². The Morgan fingerprint density at radius 3 is 2.67 bits per heavy atom. The molecule has 82 valence electrons. The maximum atomic E-state index is 13.0. The SMILES string of the molecule is COc1cc(F)cc(OC/C=C/CBr)c1. The van der Waals surface area contributed by atoms with E-state index in [0.29, 0.717) is 18.1 Å². The van der Waals surface area contributed by atoms with Crippen LogP contribution in [0.3, 0.4) is 0 Å². The monoisotopic (exact) mass is 274 g/mol. The molecule has 4 heteroatoms. The average molecular weight is 275 g/mol. The summed E-state index contributed by atoms with van der Waals surface area (Å²) in [6.45, 7) is 0.415. The highest BCUT2D eigenvalue weighted by Crippen LogP contribution is 2.21. The van der Waals surface area contributed by atoms with Crippen molar-refractivity contribution < 1.29 is 13.9 Å². The summed E-state index contributed by atoms with van der Waals surface area (Å²) in [4.78, 5) is 0. The zero-order valence-electron chi connectivity index (χ0n) is 8.37.